The first-order chi connectivity index (χ1) is 11.3. The first-order valence-corrected chi connectivity index (χ1v) is 9.49. The van der Waals surface area contributed by atoms with E-state index in [1.807, 2.05) is 32.9 Å². The number of nitrogens with zero attached hydrogens (tertiary/aromatic N) is 1. The maximum Gasteiger partial charge on any atom is 0.323 e. The second kappa shape index (κ2) is 9.84. The molecule has 1 aromatic rings. The quantitative estimate of drug-likeness (QED) is 0.695. The van der Waals surface area contributed by atoms with E-state index in [9.17, 15) is 14.4 Å². The van der Waals surface area contributed by atoms with Gasteiger partial charge in [-0.15, -0.1) is 0 Å². The monoisotopic (exact) mass is 415 g/mol. The molecule has 1 N–H and O–H groups in total. The number of unbranched alkanes of at least 4 members (excludes halogenated alkanes) is 1. The Balaban J connectivity index is 2.98. The first-order valence-electron chi connectivity index (χ1n) is 7.71. The molecule has 132 valence electrons. The van der Waals surface area contributed by atoms with Gasteiger partial charge in [0.15, 0.2) is 5.12 Å². The summed E-state index contributed by atoms with van der Waals surface area (Å²) in [5.74, 6) is -1.53. The van der Waals surface area contributed by atoms with Gasteiger partial charge in [0, 0.05) is 10.9 Å². The number of carboxylic acid groups (broad SMARTS) is 1. The number of carbonyl (C=O) groups excluding carboxylic acids is 2. The molecule has 0 unspecified atom stereocenters. The Morgan fingerprint density at radius 1 is 1.25 bits per heavy atom. The van der Waals surface area contributed by atoms with E-state index in [0.717, 1.165) is 40.2 Å². The van der Waals surface area contributed by atoms with Crippen LogP contribution in [0.1, 0.15) is 37.3 Å². The number of hydrogen-bond donors (Lipinski definition) is 1. The van der Waals surface area contributed by atoms with Crippen LogP contribution in [-0.2, 0) is 14.4 Å². The lowest BCUT2D eigenvalue weighted by Crippen LogP contribution is -2.38. The average Bonchev–Trinajstić information content (AvgIpc) is 2.53. The molecule has 0 heterocycles. The van der Waals surface area contributed by atoms with E-state index in [2.05, 4.69) is 15.9 Å². The van der Waals surface area contributed by atoms with Crippen molar-refractivity contribution in [2.45, 2.75) is 40.0 Å². The summed E-state index contributed by atoms with van der Waals surface area (Å²) in [4.78, 5) is 36.7. The van der Waals surface area contributed by atoms with Crippen LogP contribution in [0.3, 0.4) is 0 Å². The fourth-order valence-corrected chi connectivity index (χ4v) is 3.32. The predicted molar refractivity (Wildman–Crippen MR) is 101 cm³/mol. The molecular formula is C17H22BrNO4S. The lowest BCUT2D eigenvalue weighted by molar-refractivity contribution is -0.136. The molecule has 0 saturated carbocycles. The maximum absolute atomic E-state index is 12.5. The minimum atomic E-state index is -1.09. The van der Waals surface area contributed by atoms with Crippen LogP contribution in [0.2, 0.25) is 0 Å². The highest BCUT2D eigenvalue weighted by Gasteiger charge is 2.23. The van der Waals surface area contributed by atoms with Gasteiger partial charge < -0.3 is 5.11 Å². The number of aliphatic carboxylic acids is 1. The van der Waals surface area contributed by atoms with Crippen molar-refractivity contribution in [1.82, 2.24) is 0 Å². The lowest BCUT2D eigenvalue weighted by atomic mass is 10.1. The van der Waals surface area contributed by atoms with Gasteiger partial charge in [-0.25, -0.2) is 0 Å². The summed E-state index contributed by atoms with van der Waals surface area (Å²) in [6.45, 7) is 5.22. The number of amides is 1. The number of anilines is 1. The molecule has 0 bridgehead atoms. The van der Waals surface area contributed by atoms with Crippen molar-refractivity contribution in [3.8, 4) is 0 Å². The summed E-state index contributed by atoms with van der Waals surface area (Å²) in [6, 6.07) is 3.69. The van der Waals surface area contributed by atoms with Crippen LogP contribution in [0, 0.1) is 13.8 Å². The highest BCUT2D eigenvalue weighted by molar-refractivity contribution is 9.10. The van der Waals surface area contributed by atoms with Crippen molar-refractivity contribution in [2.24, 2.45) is 0 Å². The Morgan fingerprint density at radius 3 is 2.50 bits per heavy atom. The number of carboxylic acids is 1. The van der Waals surface area contributed by atoms with Gasteiger partial charge in [0.25, 0.3) is 0 Å². The molecule has 0 aromatic heterocycles. The SMILES string of the molecule is CCCCC(=O)SCC(=O)N(CC(=O)O)c1c(C)ccc(Br)c1C. The number of rotatable bonds is 8. The van der Waals surface area contributed by atoms with Crippen LogP contribution in [0.25, 0.3) is 0 Å². The van der Waals surface area contributed by atoms with Crippen LogP contribution in [0.4, 0.5) is 5.69 Å². The molecule has 1 amide bonds. The van der Waals surface area contributed by atoms with Crippen LogP contribution in [0.5, 0.6) is 0 Å². The molecule has 0 atom stereocenters. The zero-order chi connectivity index (χ0) is 18.3. The van der Waals surface area contributed by atoms with E-state index in [0.29, 0.717) is 12.1 Å². The lowest BCUT2D eigenvalue weighted by Gasteiger charge is -2.25. The van der Waals surface area contributed by atoms with Crippen LogP contribution in [0.15, 0.2) is 16.6 Å². The number of hydrogen-bond acceptors (Lipinski definition) is 4. The zero-order valence-corrected chi connectivity index (χ0v) is 16.5. The van der Waals surface area contributed by atoms with Crippen molar-refractivity contribution < 1.29 is 19.5 Å². The Bertz CT molecular complexity index is 633. The topological polar surface area (TPSA) is 74.7 Å². The van der Waals surface area contributed by atoms with Gasteiger partial charge in [-0.3, -0.25) is 19.3 Å². The van der Waals surface area contributed by atoms with Crippen molar-refractivity contribution in [3.05, 3.63) is 27.7 Å². The molecule has 7 heteroatoms. The van der Waals surface area contributed by atoms with Gasteiger partial charge in [0.05, 0.1) is 11.4 Å². The third kappa shape index (κ3) is 5.94. The zero-order valence-electron chi connectivity index (χ0n) is 14.1. The Hall–Kier alpha value is -1.34. The summed E-state index contributed by atoms with van der Waals surface area (Å²) >= 11 is 4.37. The number of benzene rings is 1. The van der Waals surface area contributed by atoms with E-state index in [4.69, 9.17) is 5.11 Å². The van der Waals surface area contributed by atoms with Crippen LogP contribution < -0.4 is 4.90 Å². The fourth-order valence-electron chi connectivity index (χ4n) is 2.27. The molecule has 1 rings (SSSR count). The largest absolute Gasteiger partial charge is 0.480 e. The molecule has 0 spiro atoms. The predicted octanol–water partition coefficient (Wildman–Crippen LogP) is 3.93. The molecule has 1 aromatic carbocycles. The van der Waals surface area contributed by atoms with E-state index in [1.54, 1.807) is 0 Å². The molecule has 0 radical (unpaired) electrons. The van der Waals surface area contributed by atoms with E-state index in [-0.39, 0.29) is 16.8 Å². The minimum Gasteiger partial charge on any atom is -0.480 e. The van der Waals surface area contributed by atoms with Crippen molar-refractivity contribution >= 4 is 50.4 Å². The van der Waals surface area contributed by atoms with Crippen LogP contribution >= 0.6 is 27.7 Å². The van der Waals surface area contributed by atoms with Crippen molar-refractivity contribution in [2.75, 3.05) is 17.2 Å². The number of halogens is 1. The third-order valence-electron chi connectivity index (χ3n) is 3.52. The smallest absolute Gasteiger partial charge is 0.323 e. The molecule has 5 nitrogen and oxygen atoms in total. The molecule has 0 aliphatic heterocycles. The second-order valence-corrected chi connectivity index (χ2v) is 7.36. The number of thioether (sulfide) groups is 1. The first kappa shape index (κ1) is 20.7. The highest BCUT2D eigenvalue weighted by atomic mass is 79.9. The fraction of sp³-hybridized carbons (Fsp3) is 0.471. The molecular weight excluding hydrogens is 394 g/mol. The Labute approximate surface area is 154 Å². The summed E-state index contributed by atoms with van der Waals surface area (Å²) in [6.07, 6.45) is 2.15. The van der Waals surface area contributed by atoms with Gasteiger partial charge in [0.1, 0.15) is 6.54 Å². The Morgan fingerprint density at radius 2 is 1.92 bits per heavy atom. The normalized spacial score (nSPS) is 10.5. The van der Waals surface area contributed by atoms with Gasteiger partial charge in [-0.05, 0) is 37.5 Å². The van der Waals surface area contributed by atoms with E-state index >= 15 is 0 Å². The van der Waals surface area contributed by atoms with Crippen molar-refractivity contribution in [3.63, 3.8) is 0 Å². The molecule has 0 saturated heterocycles. The summed E-state index contributed by atoms with van der Waals surface area (Å²) in [5, 5.41) is 9.12. The second-order valence-electron chi connectivity index (χ2n) is 5.48. The standard InChI is InChI=1S/C17H22BrNO4S/c1-4-5-6-16(23)24-10-14(20)19(9-15(21)22)17-11(2)7-8-13(18)12(17)3/h7-8H,4-6,9-10H2,1-3H3,(H,21,22). The molecule has 0 aliphatic rings. The maximum atomic E-state index is 12.5. The van der Waals surface area contributed by atoms with Gasteiger partial charge in [-0.2, -0.15) is 0 Å². The van der Waals surface area contributed by atoms with Gasteiger partial charge in [-0.1, -0.05) is 47.1 Å². The van der Waals surface area contributed by atoms with Crippen LogP contribution in [-0.4, -0.2) is 34.4 Å². The molecule has 24 heavy (non-hydrogen) atoms. The van der Waals surface area contributed by atoms with E-state index in [1.165, 1.54) is 4.90 Å². The minimum absolute atomic E-state index is 0.0387. The molecule has 0 fully saturated rings. The Kier molecular flexibility index (Phi) is 8.48. The summed E-state index contributed by atoms with van der Waals surface area (Å²) in [7, 11) is 0. The third-order valence-corrected chi connectivity index (χ3v) is 5.30. The van der Waals surface area contributed by atoms with Gasteiger partial charge >= 0.3 is 5.97 Å². The number of aryl methyl sites for hydroxylation is 1. The molecule has 0 aliphatic carbocycles. The number of carbonyl (C=O) groups is 3. The van der Waals surface area contributed by atoms with E-state index < -0.39 is 12.5 Å². The highest BCUT2D eigenvalue weighted by Crippen LogP contribution is 2.31. The summed E-state index contributed by atoms with van der Waals surface area (Å²) < 4.78 is 0.804. The summed E-state index contributed by atoms with van der Waals surface area (Å²) in [5.41, 5.74) is 2.19. The van der Waals surface area contributed by atoms with Gasteiger partial charge in [0.2, 0.25) is 5.91 Å². The average molecular weight is 416 g/mol. The van der Waals surface area contributed by atoms with Crippen molar-refractivity contribution in [1.29, 1.82) is 0 Å².